The smallest absolute Gasteiger partial charge is 0.265 e. The van der Waals surface area contributed by atoms with Crippen LogP contribution in [0.15, 0.2) is 48.5 Å². The molecule has 6 heteroatoms. The largest absolute Gasteiger partial charge is 0.481 e. The van der Waals surface area contributed by atoms with Crippen molar-refractivity contribution >= 4 is 28.9 Å². The molecule has 2 aromatic carbocycles. The first-order chi connectivity index (χ1) is 13.5. The number of amides is 2. The van der Waals surface area contributed by atoms with Crippen molar-refractivity contribution in [3.63, 3.8) is 0 Å². The normalized spacial score (nSPS) is 14.9. The predicted octanol–water partition coefficient (Wildman–Crippen LogP) is 4.04. The zero-order chi connectivity index (χ0) is 19.9. The number of piperidine rings is 1. The molecule has 3 rings (SSSR count). The molecule has 0 unspecified atom stereocenters. The van der Waals surface area contributed by atoms with Crippen LogP contribution in [0.25, 0.3) is 0 Å². The van der Waals surface area contributed by atoms with E-state index in [1.165, 1.54) is 31.9 Å². The van der Waals surface area contributed by atoms with Crippen LogP contribution >= 0.6 is 0 Å². The van der Waals surface area contributed by atoms with Crippen molar-refractivity contribution in [2.75, 3.05) is 28.6 Å². The van der Waals surface area contributed by atoms with Crippen LogP contribution in [-0.4, -0.2) is 31.0 Å². The summed E-state index contributed by atoms with van der Waals surface area (Å²) in [6.45, 7) is 5.32. The highest BCUT2D eigenvalue weighted by Gasteiger charge is 2.16. The summed E-state index contributed by atoms with van der Waals surface area (Å²) >= 11 is 0. The Balaban J connectivity index is 1.56. The van der Waals surface area contributed by atoms with Gasteiger partial charge in [0.1, 0.15) is 5.75 Å². The molecule has 1 fully saturated rings. The van der Waals surface area contributed by atoms with Crippen molar-refractivity contribution in [2.24, 2.45) is 0 Å². The number of nitrogens with zero attached hydrogens (tertiary/aromatic N) is 1. The van der Waals surface area contributed by atoms with Crippen LogP contribution in [0.3, 0.4) is 0 Å². The van der Waals surface area contributed by atoms with Crippen LogP contribution in [0.4, 0.5) is 17.1 Å². The van der Waals surface area contributed by atoms with Gasteiger partial charge in [0.25, 0.3) is 5.91 Å². The maximum atomic E-state index is 12.4. The summed E-state index contributed by atoms with van der Waals surface area (Å²) in [5, 5.41) is 5.58. The van der Waals surface area contributed by atoms with Crippen LogP contribution in [-0.2, 0) is 9.59 Å². The highest BCUT2D eigenvalue weighted by atomic mass is 16.5. The number of carbonyl (C=O) groups excluding carboxylic acids is 2. The number of nitrogens with one attached hydrogen (secondary N) is 2. The first-order valence-electron chi connectivity index (χ1n) is 9.71. The van der Waals surface area contributed by atoms with Gasteiger partial charge in [-0.05, 0) is 62.6 Å². The Kier molecular flexibility index (Phi) is 6.53. The standard InChI is InChI=1S/C22H27N3O3/c1-16(28-21-8-6-7-19(15-21)23-17(2)26)22(27)24-18-9-11-20(12-10-18)25-13-4-3-5-14-25/h6-12,15-16H,3-5,13-14H2,1-2H3,(H,23,26)(H,24,27)/t16-/m0/s1. The van der Waals surface area contributed by atoms with Gasteiger partial charge in [-0.3, -0.25) is 9.59 Å². The van der Waals surface area contributed by atoms with E-state index in [0.29, 0.717) is 11.4 Å². The van der Waals surface area contributed by atoms with Gasteiger partial charge in [0.2, 0.25) is 5.91 Å². The minimum atomic E-state index is -0.672. The number of ether oxygens (including phenoxy) is 1. The fraction of sp³-hybridized carbons (Fsp3) is 0.364. The molecule has 2 amide bonds. The third-order valence-corrected chi connectivity index (χ3v) is 4.69. The Labute approximate surface area is 165 Å². The molecule has 28 heavy (non-hydrogen) atoms. The number of anilines is 3. The molecule has 1 heterocycles. The van der Waals surface area contributed by atoms with Gasteiger partial charge in [-0.1, -0.05) is 6.07 Å². The summed E-state index contributed by atoms with van der Waals surface area (Å²) in [5.74, 6) is 0.140. The van der Waals surface area contributed by atoms with Crippen LogP contribution in [0.5, 0.6) is 5.75 Å². The van der Waals surface area contributed by atoms with Gasteiger partial charge < -0.3 is 20.3 Å². The average molecular weight is 381 g/mol. The van der Waals surface area contributed by atoms with E-state index in [-0.39, 0.29) is 11.8 Å². The summed E-state index contributed by atoms with van der Waals surface area (Å²) < 4.78 is 5.72. The number of hydrogen-bond acceptors (Lipinski definition) is 4. The van der Waals surface area contributed by atoms with E-state index in [4.69, 9.17) is 4.74 Å². The molecule has 0 radical (unpaired) electrons. The van der Waals surface area contributed by atoms with E-state index in [1.807, 2.05) is 24.3 Å². The molecular formula is C22H27N3O3. The third kappa shape index (κ3) is 5.49. The van der Waals surface area contributed by atoms with E-state index in [1.54, 1.807) is 31.2 Å². The van der Waals surface area contributed by atoms with Crippen LogP contribution in [0, 0.1) is 0 Å². The Morgan fingerprint density at radius 1 is 0.964 bits per heavy atom. The summed E-state index contributed by atoms with van der Waals surface area (Å²) in [5.41, 5.74) is 2.57. The van der Waals surface area contributed by atoms with Crippen LogP contribution < -0.4 is 20.3 Å². The quantitative estimate of drug-likeness (QED) is 0.792. The molecule has 6 nitrogen and oxygen atoms in total. The number of benzene rings is 2. The fourth-order valence-electron chi connectivity index (χ4n) is 3.26. The summed E-state index contributed by atoms with van der Waals surface area (Å²) in [4.78, 5) is 26.0. The van der Waals surface area contributed by atoms with E-state index in [2.05, 4.69) is 15.5 Å². The second kappa shape index (κ2) is 9.26. The first-order valence-corrected chi connectivity index (χ1v) is 9.71. The minimum Gasteiger partial charge on any atom is -0.481 e. The van der Waals surface area contributed by atoms with E-state index in [9.17, 15) is 9.59 Å². The van der Waals surface area contributed by atoms with E-state index in [0.717, 1.165) is 18.8 Å². The van der Waals surface area contributed by atoms with E-state index >= 15 is 0 Å². The summed E-state index contributed by atoms with van der Waals surface area (Å²) in [6.07, 6.45) is 3.10. The molecule has 0 saturated carbocycles. The molecule has 1 aliphatic heterocycles. The van der Waals surface area contributed by atoms with Gasteiger partial charge in [0, 0.05) is 43.1 Å². The van der Waals surface area contributed by atoms with Gasteiger partial charge in [-0.25, -0.2) is 0 Å². The lowest BCUT2D eigenvalue weighted by molar-refractivity contribution is -0.122. The molecule has 1 aliphatic rings. The lowest BCUT2D eigenvalue weighted by atomic mass is 10.1. The Hall–Kier alpha value is -3.02. The Bertz CT molecular complexity index is 814. The van der Waals surface area contributed by atoms with Crippen LogP contribution in [0.2, 0.25) is 0 Å². The second-order valence-corrected chi connectivity index (χ2v) is 7.05. The maximum absolute atomic E-state index is 12.4. The second-order valence-electron chi connectivity index (χ2n) is 7.05. The molecule has 0 spiro atoms. The van der Waals surface area contributed by atoms with Crippen LogP contribution in [0.1, 0.15) is 33.1 Å². The summed E-state index contributed by atoms with van der Waals surface area (Å²) in [7, 11) is 0. The van der Waals surface area contributed by atoms with E-state index < -0.39 is 6.10 Å². The Morgan fingerprint density at radius 2 is 1.68 bits per heavy atom. The van der Waals surface area contributed by atoms with Crippen molar-refractivity contribution in [1.29, 1.82) is 0 Å². The number of rotatable bonds is 6. The van der Waals surface area contributed by atoms with Crippen molar-refractivity contribution in [3.05, 3.63) is 48.5 Å². The highest BCUT2D eigenvalue weighted by molar-refractivity contribution is 5.94. The van der Waals surface area contributed by atoms with Crippen molar-refractivity contribution in [2.45, 2.75) is 39.2 Å². The molecule has 0 aromatic heterocycles. The summed E-state index contributed by atoms with van der Waals surface area (Å²) in [6, 6.07) is 14.9. The topological polar surface area (TPSA) is 70.7 Å². The van der Waals surface area contributed by atoms with Gasteiger partial charge in [-0.2, -0.15) is 0 Å². The monoisotopic (exact) mass is 381 g/mol. The molecule has 1 saturated heterocycles. The molecular weight excluding hydrogens is 354 g/mol. The zero-order valence-electron chi connectivity index (χ0n) is 16.4. The van der Waals surface area contributed by atoms with Gasteiger partial charge in [-0.15, -0.1) is 0 Å². The zero-order valence-corrected chi connectivity index (χ0v) is 16.4. The minimum absolute atomic E-state index is 0.157. The molecule has 0 aliphatic carbocycles. The lowest BCUT2D eigenvalue weighted by Crippen LogP contribution is -2.30. The van der Waals surface area contributed by atoms with Gasteiger partial charge in [0.05, 0.1) is 0 Å². The molecule has 2 aromatic rings. The van der Waals surface area contributed by atoms with Crippen molar-refractivity contribution < 1.29 is 14.3 Å². The van der Waals surface area contributed by atoms with Gasteiger partial charge >= 0.3 is 0 Å². The lowest BCUT2D eigenvalue weighted by Gasteiger charge is -2.28. The third-order valence-electron chi connectivity index (χ3n) is 4.69. The molecule has 0 bridgehead atoms. The first kappa shape index (κ1) is 19.7. The average Bonchev–Trinajstić information content (AvgIpc) is 2.69. The SMILES string of the molecule is CC(=O)Nc1cccc(O[C@@H](C)C(=O)Nc2ccc(N3CCCCC3)cc2)c1. The van der Waals surface area contributed by atoms with Crippen molar-refractivity contribution in [1.82, 2.24) is 0 Å². The fourth-order valence-corrected chi connectivity index (χ4v) is 3.26. The van der Waals surface area contributed by atoms with Crippen molar-refractivity contribution in [3.8, 4) is 5.75 Å². The maximum Gasteiger partial charge on any atom is 0.265 e. The molecule has 1 atom stereocenters. The number of carbonyl (C=O) groups is 2. The van der Waals surface area contributed by atoms with Gasteiger partial charge in [0.15, 0.2) is 6.10 Å². The Morgan fingerprint density at radius 3 is 2.36 bits per heavy atom. The highest BCUT2D eigenvalue weighted by Crippen LogP contribution is 2.22. The number of hydrogen-bond donors (Lipinski definition) is 2. The molecule has 2 N–H and O–H groups in total. The predicted molar refractivity (Wildman–Crippen MR) is 112 cm³/mol. The molecule has 148 valence electrons.